The van der Waals surface area contributed by atoms with Gasteiger partial charge in [0.25, 0.3) is 0 Å². The molecular weight excluding hydrogens is 240 g/mol. The van der Waals surface area contributed by atoms with Gasteiger partial charge in [0.2, 0.25) is 0 Å². The van der Waals surface area contributed by atoms with E-state index in [4.69, 9.17) is 5.26 Å². The predicted octanol–water partition coefficient (Wildman–Crippen LogP) is 3.53. The third-order valence-electron chi connectivity index (χ3n) is 2.12. The molecule has 0 amide bonds. The lowest BCUT2D eigenvalue weighted by atomic mass is 10.1. The molecule has 1 aromatic rings. The maximum atomic E-state index is 8.89. The van der Waals surface area contributed by atoms with Gasteiger partial charge >= 0.3 is 0 Å². The van der Waals surface area contributed by atoms with Crippen molar-refractivity contribution in [2.75, 3.05) is 5.32 Å². The van der Waals surface area contributed by atoms with Gasteiger partial charge in [-0.15, -0.1) is 0 Å². The van der Waals surface area contributed by atoms with Gasteiger partial charge in [0, 0.05) is 10.5 Å². The lowest BCUT2D eigenvalue weighted by Crippen LogP contribution is -2.14. The molecule has 0 saturated heterocycles. The smallest absolute Gasteiger partial charge is 0.101 e. The first kappa shape index (κ1) is 11.1. The monoisotopic (exact) mass is 252 g/mol. The van der Waals surface area contributed by atoms with Crippen LogP contribution in [0, 0.1) is 11.3 Å². The number of nitriles is 1. The van der Waals surface area contributed by atoms with Crippen molar-refractivity contribution < 1.29 is 0 Å². The second kappa shape index (κ2) is 5.02. The molecular formula is C11H13BrN2. The van der Waals surface area contributed by atoms with Crippen LogP contribution in [0.2, 0.25) is 0 Å². The molecule has 1 unspecified atom stereocenters. The van der Waals surface area contributed by atoms with Crippen molar-refractivity contribution in [2.45, 2.75) is 26.3 Å². The molecule has 1 atom stereocenters. The minimum Gasteiger partial charge on any atom is -0.382 e. The van der Waals surface area contributed by atoms with Crippen LogP contribution in [0.3, 0.4) is 0 Å². The van der Waals surface area contributed by atoms with Crippen LogP contribution in [-0.4, -0.2) is 6.04 Å². The molecule has 0 heterocycles. The Balaban J connectivity index is 2.94. The van der Waals surface area contributed by atoms with Gasteiger partial charge in [0.1, 0.15) is 6.07 Å². The van der Waals surface area contributed by atoms with E-state index < -0.39 is 0 Å². The lowest BCUT2D eigenvalue weighted by Gasteiger charge is -2.14. The topological polar surface area (TPSA) is 35.8 Å². The zero-order chi connectivity index (χ0) is 10.6. The number of halogens is 1. The van der Waals surface area contributed by atoms with E-state index in [1.165, 1.54) is 0 Å². The highest BCUT2D eigenvalue weighted by molar-refractivity contribution is 9.10. The van der Waals surface area contributed by atoms with Crippen molar-refractivity contribution in [1.29, 1.82) is 5.26 Å². The van der Waals surface area contributed by atoms with Crippen molar-refractivity contribution in [1.82, 2.24) is 0 Å². The first-order valence-electron chi connectivity index (χ1n) is 4.63. The lowest BCUT2D eigenvalue weighted by molar-refractivity contribution is 0.763. The molecule has 0 radical (unpaired) electrons. The standard InChI is InChI=1S/C11H13BrN2/c1-3-8(2)14-11-6-10(12)5-4-9(11)7-13/h4-6,8,14H,3H2,1-2H3. The van der Waals surface area contributed by atoms with Crippen LogP contribution in [0.25, 0.3) is 0 Å². The summed E-state index contributed by atoms with van der Waals surface area (Å²) in [6.07, 6.45) is 1.04. The van der Waals surface area contributed by atoms with Crippen LogP contribution < -0.4 is 5.32 Å². The fourth-order valence-corrected chi connectivity index (χ4v) is 1.46. The second-order valence-electron chi connectivity index (χ2n) is 3.26. The van der Waals surface area contributed by atoms with Crippen LogP contribution in [-0.2, 0) is 0 Å². The van der Waals surface area contributed by atoms with Crippen LogP contribution in [0.15, 0.2) is 22.7 Å². The molecule has 0 aliphatic carbocycles. The molecule has 0 fully saturated rings. The van der Waals surface area contributed by atoms with Crippen LogP contribution in [0.4, 0.5) is 5.69 Å². The largest absolute Gasteiger partial charge is 0.382 e. The Kier molecular flexibility index (Phi) is 3.97. The molecule has 0 aromatic heterocycles. The molecule has 1 aromatic carbocycles. The molecule has 14 heavy (non-hydrogen) atoms. The van der Waals surface area contributed by atoms with Crippen molar-refractivity contribution in [3.05, 3.63) is 28.2 Å². The van der Waals surface area contributed by atoms with Crippen molar-refractivity contribution >= 4 is 21.6 Å². The first-order chi connectivity index (χ1) is 6.67. The minimum absolute atomic E-state index is 0.386. The Hall–Kier alpha value is -1.01. The third-order valence-corrected chi connectivity index (χ3v) is 2.61. The number of benzene rings is 1. The van der Waals surface area contributed by atoms with Gasteiger partial charge in [0.05, 0.1) is 11.3 Å². The summed E-state index contributed by atoms with van der Waals surface area (Å²) < 4.78 is 0.988. The highest BCUT2D eigenvalue weighted by Gasteiger charge is 2.04. The molecule has 1 rings (SSSR count). The summed E-state index contributed by atoms with van der Waals surface area (Å²) in [5, 5.41) is 12.2. The first-order valence-corrected chi connectivity index (χ1v) is 5.43. The summed E-state index contributed by atoms with van der Waals surface area (Å²) in [6.45, 7) is 4.21. The molecule has 1 N–H and O–H groups in total. The quantitative estimate of drug-likeness (QED) is 0.894. The van der Waals surface area contributed by atoms with E-state index in [1.54, 1.807) is 0 Å². The number of hydrogen-bond acceptors (Lipinski definition) is 2. The minimum atomic E-state index is 0.386. The predicted molar refractivity (Wildman–Crippen MR) is 62.2 cm³/mol. The number of nitrogens with one attached hydrogen (secondary N) is 1. The Labute approximate surface area is 93.1 Å². The van der Waals surface area contributed by atoms with Crippen LogP contribution in [0.5, 0.6) is 0 Å². The molecule has 0 aliphatic heterocycles. The molecule has 3 heteroatoms. The zero-order valence-electron chi connectivity index (χ0n) is 8.34. The van der Waals surface area contributed by atoms with Gasteiger partial charge in [-0.1, -0.05) is 22.9 Å². The van der Waals surface area contributed by atoms with Gasteiger partial charge in [-0.05, 0) is 31.5 Å². The highest BCUT2D eigenvalue weighted by Crippen LogP contribution is 2.21. The van der Waals surface area contributed by atoms with Gasteiger partial charge in [-0.2, -0.15) is 5.26 Å². The van der Waals surface area contributed by atoms with E-state index in [2.05, 4.69) is 41.2 Å². The average molecular weight is 253 g/mol. The van der Waals surface area contributed by atoms with Gasteiger partial charge < -0.3 is 5.32 Å². The molecule has 2 nitrogen and oxygen atoms in total. The van der Waals surface area contributed by atoms with E-state index >= 15 is 0 Å². The zero-order valence-corrected chi connectivity index (χ0v) is 9.93. The summed E-state index contributed by atoms with van der Waals surface area (Å²) in [6, 6.07) is 8.18. The summed E-state index contributed by atoms with van der Waals surface area (Å²) in [5.74, 6) is 0. The SMILES string of the molecule is CCC(C)Nc1cc(Br)ccc1C#N. The fraction of sp³-hybridized carbons (Fsp3) is 0.364. The van der Waals surface area contributed by atoms with Crippen molar-refractivity contribution in [3.8, 4) is 6.07 Å². The Morgan fingerprint density at radius 2 is 2.29 bits per heavy atom. The maximum Gasteiger partial charge on any atom is 0.101 e. The molecule has 0 bridgehead atoms. The second-order valence-corrected chi connectivity index (χ2v) is 4.17. The number of anilines is 1. The summed E-state index contributed by atoms with van der Waals surface area (Å²) >= 11 is 3.39. The molecule has 0 spiro atoms. The molecule has 74 valence electrons. The highest BCUT2D eigenvalue weighted by atomic mass is 79.9. The Morgan fingerprint density at radius 1 is 1.57 bits per heavy atom. The van der Waals surface area contributed by atoms with Crippen LogP contribution in [0.1, 0.15) is 25.8 Å². The summed E-state index contributed by atoms with van der Waals surface area (Å²) in [5.41, 5.74) is 1.59. The number of hydrogen-bond donors (Lipinski definition) is 1. The Morgan fingerprint density at radius 3 is 2.86 bits per heavy atom. The van der Waals surface area contributed by atoms with Crippen LogP contribution >= 0.6 is 15.9 Å². The normalized spacial score (nSPS) is 11.9. The van der Waals surface area contributed by atoms with Gasteiger partial charge in [-0.3, -0.25) is 0 Å². The van der Waals surface area contributed by atoms with E-state index in [9.17, 15) is 0 Å². The van der Waals surface area contributed by atoms with E-state index in [0.717, 1.165) is 16.6 Å². The van der Waals surface area contributed by atoms with E-state index in [-0.39, 0.29) is 0 Å². The van der Waals surface area contributed by atoms with E-state index in [1.807, 2.05) is 18.2 Å². The maximum absolute atomic E-state index is 8.89. The summed E-state index contributed by atoms with van der Waals surface area (Å²) in [7, 11) is 0. The fourth-order valence-electron chi connectivity index (χ4n) is 1.10. The van der Waals surface area contributed by atoms with Crippen molar-refractivity contribution in [2.24, 2.45) is 0 Å². The summed E-state index contributed by atoms with van der Waals surface area (Å²) in [4.78, 5) is 0. The van der Waals surface area contributed by atoms with Gasteiger partial charge in [0.15, 0.2) is 0 Å². The third kappa shape index (κ3) is 2.74. The molecule has 0 saturated carbocycles. The number of nitrogens with zero attached hydrogens (tertiary/aromatic N) is 1. The Bertz CT molecular complexity index is 355. The number of rotatable bonds is 3. The molecule has 0 aliphatic rings. The average Bonchev–Trinajstić information content (AvgIpc) is 2.18. The van der Waals surface area contributed by atoms with Crippen molar-refractivity contribution in [3.63, 3.8) is 0 Å². The van der Waals surface area contributed by atoms with Gasteiger partial charge in [-0.25, -0.2) is 0 Å². The van der Waals surface area contributed by atoms with E-state index in [0.29, 0.717) is 11.6 Å².